The second-order valence-electron chi connectivity index (χ2n) is 8.92. The van der Waals surface area contributed by atoms with E-state index < -0.39 is 52.8 Å². The van der Waals surface area contributed by atoms with Crippen LogP contribution in [0.3, 0.4) is 0 Å². The van der Waals surface area contributed by atoms with E-state index in [-0.39, 0.29) is 12.5 Å². The van der Waals surface area contributed by atoms with E-state index in [0.29, 0.717) is 18.6 Å². The van der Waals surface area contributed by atoms with Crippen LogP contribution in [0.5, 0.6) is 0 Å². The van der Waals surface area contributed by atoms with Crippen LogP contribution < -0.4 is 0 Å². The SMILES string of the molecule is C=C(C)C(=O)OC[C@]12CCC(C)=C[C@H]1O[C@@H]1[C@H](O)[C@@H](OC(=O)CCl)[C@@]2(C)[C@]12CO2. The maximum Gasteiger partial charge on any atom is 0.333 e. The number of alkyl halides is 1. The first-order chi connectivity index (χ1) is 13.6. The Balaban J connectivity index is 1.81. The summed E-state index contributed by atoms with van der Waals surface area (Å²) in [5.74, 6) is -1.43. The first-order valence-corrected chi connectivity index (χ1v) is 10.4. The van der Waals surface area contributed by atoms with Gasteiger partial charge in [0.15, 0.2) is 0 Å². The van der Waals surface area contributed by atoms with Crippen LogP contribution in [0.1, 0.15) is 33.6 Å². The number of aliphatic hydroxyl groups excluding tert-OH is 1. The lowest BCUT2D eigenvalue weighted by Crippen LogP contribution is -2.66. The second-order valence-corrected chi connectivity index (χ2v) is 9.19. The van der Waals surface area contributed by atoms with E-state index in [4.69, 9.17) is 30.5 Å². The molecule has 4 rings (SSSR count). The normalized spacial score (nSPS) is 44.7. The van der Waals surface area contributed by atoms with Gasteiger partial charge in [-0.1, -0.05) is 25.2 Å². The quantitative estimate of drug-likeness (QED) is 0.236. The van der Waals surface area contributed by atoms with Crippen LogP contribution in [0.25, 0.3) is 0 Å². The van der Waals surface area contributed by atoms with E-state index in [1.165, 1.54) is 0 Å². The van der Waals surface area contributed by atoms with Gasteiger partial charge >= 0.3 is 11.9 Å². The molecule has 8 heteroatoms. The fourth-order valence-corrected chi connectivity index (χ4v) is 5.74. The monoisotopic (exact) mass is 426 g/mol. The largest absolute Gasteiger partial charge is 0.462 e. The predicted octanol–water partition coefficient (Wildman–Crippen LogP) is 1.90. The van der Waals surface area contributed by atoms with Crippen molar-refractivity contribution < 1.29 is 33.6 Å². The molecule has 0 radical (unpaired) electrons. The lowest BCUT2D eigenvalue weighted by atomic mass is 9.51. The highest BCUT2D eigenvalue weighted by Gasteiger charge is 2.85. The summed E-state index contributed by atoms with van der Waals surface area (Å²) in [4.78, 5) is 24.3. The molecule has 4 aliphatic rings. The Labute approximate surface area is 175 Å². The lowest BCUT2D eigenvalue weighted by molar-refractivity contribution is -0.233. The molecule has 0 unspecified atom stereocenters. The molecule has 7 atom stereocenters. The number of epoxide rings is 1. The summed E-state index contributed by atoms with van der Waals surface area (Å²) in [6, 6.07) is 0. The molecule has 0 aromatic rings. The maximum absolute atomic E-state index is 12.2. The van der Waals surface area contributed by atoms with Gasteiger partial charge in [0, 0.05) is 11.0 Å². The molecule has 2 aliphatic carbocycles. The van der Waals surface area contributed by atoms with Crippen molar-refractivity contribution in [1.29, 1.82) is 0 Å². The van der Waals surface area contributed by atoms with Gasteiger partial charge in [0.05, 0.1) is 18.1 Å². The summed E-state index contributed by atoms with van der Waals surface area (Å²) in [5.41, 5.74) is -0.902. The average molecular weight is 427 g/mol. The van der Waals surface area contributed by atoms with E-state index in [2.05, 4.69) is 6.58 Å². The smallest absolute Gasteiger partial charge is 0.333 e. The average Bonchev–Trinajstić information content (AvgIpc) is 3.47. The Kier molecular flexibility index (Phi) is 4.89. The molecule has 0 aromatic carbocycles. The van der Waals surface area contributed by atoms with Crippen molar-refractivity contribution in [2.75, 3.05) is 19.1 Å². The molecule has 7 nitrogen and oxygen atoms in total. The van der Waals surface area contributed by atoms with Gasteiger partial charge in [0.2, 0.25) is 0 Å². The standard InChI is InChI=1S/C21H27ClO7/c1-11(2)18(25)26-9-20-6-5-12(3)7-13(20)28-17-15(24)16(29-14(23)8-22)19(20,4)21(17)10-27-21/h7,13,15-17,24H,1,5-6,8-10H2,2-4H3/t13-,15-,16-,17-,19-,20-,21+/m1/s1. The fraction of sp³-hybridized carbons (Fsp3) is 0.714. The zero-order valence-corrected chi connectivity index (χ0v) is 17.7. The number of ether oxygens (including phenoxy) is 4. The van der Waals surface area contributed by atoms with Gasteiger partial charge in [0.25, 0.3) is 0 Å². The van der Waals surface area contributed by atoms with Crippen LogP contribution in [0.15, 0.2) is 23.8 Å². The number of hydrogen-bond donors (Lipinski definition) is 1. The molecule has 160 valence electrons. The zero-order valence-electron chi connectivity index (χ0n) is 16.9. The van der Waals surface area contributed by atoms with E-state index in [1.807, 2.05) is 19.9 Å². The predicted molar refractivity (Wildman–Crippen MR) is 103 cm³/mol. The summed E-state index contributed by atoms with van der Waals surface area (Å²) < 4.78 is 23.6. The van der Waals surface area contributed by atoms with Gasteiger partial charge in [-0.2, -0.15) is 0 Å². The minimum atomic E-state index is -1.07. The van der Waals surface area contributed by atoms with E-state index in [1.54, 1.807) is 6.92 Å². The van der Waals surface area contributed by atoms with Crippen molar-refractivity contribution in [3.63, 3.8) is 0 Å². The van der Waals surface area contributed by atoms with Gasteiger partial charge in [-0.05, 0) is 26.7 Å². The fourth-order valence-electron chi connectivity index (χ4n) is 5.68. The van der Waals surface area contributed by atoms with Gasteiger partial charge < -0.3 is 24.1 Å². The number of aliphatic hydroxyl groups is 1. The number of hydrogen-bond acceptors (Lipinski definition) is 7. The van der Waals surface area contributed by atoms with Crippen LogP contribution in [0.2, 0.25) is 0 Å². The van der Waals surface area contributed by atoms with E-state index in [9.17, 15) is 14.7 Å². The Hall–Kier alpha value is -1.41. The van der Waals surface area contributed by atoms with Crippen LogP contribution >= 0.6 is 11.6 Å². The summed E-state index contributed by atoms with van der Waals surface area (Å²) in [6.07, 6.45) is 0.430. The molecule has 1 N–H and O–H groups in total. The molecular formula is C21H27ClO7. The van der Waals surface area contributed by atoms with Gasteiger partial charge in [-0.3, -0.25) is 4.79 Å². The third-order valence-corrected chi connectivity index (χ3v) is 7.65. The molecule has 1 saturated carbocycles. The van der Waals surface area contributed by atoms with Crippen LogP contribution in [0, 0.1) is 10.8 Å². The zero-order chi connectivity index (χ0) is 21.2. The van der Waals surface area contributed by atoms with Crippen molar-refractivity contribution >= 4 is 23.5 Å². The van der Waals surface area contributed by atoms with Crippen molar-refractivity contribution in [1.82, 2.24) is 0 Å². The maximum atomic E-state index is 12.2. The molecule has 3 fully saturated rings. The minimum absolute atomic E-state index is 0.0448. The Bertz CT molecular complexity index is 788. The first kappa shape index (κ1) is 20.8. The molecule has 1 spiro atoms. The highest BCUT2D eigenvalue weighted by molar-refractivity contribution is 6.26. The van der Waals surface area contributed by atoms with Crippen LogP contribution in [-0.4, -0.2) is 66.2 Å². The first-order valence-electron chi connectivity index (χ1n) is 9.86. The number of carbonyl (C=O) groups is 2. The highest BCUT2D eigenvalue weighted by Crippen LogP contribution is 2.72. The Morgan fingerprint density at radius 1 is 1.45 bits per heavy atom. The third-order valence-electron chi connectivity index (χ3n) is 7.43. The van der Waals surface area contributed by atoms with Crippen molar-refractivity contribution in [3.8, 4) is 0 Å². The van der Waals surface area contributed by atoms with Gasteiger partial charge in [0.1, 0.15) is 36.4 Å². The molecule has 2 bridgehead atoms. The number of halogens is 1. The number of esters is 2. The van der Waals surface area contributed by atoms with Crippen LogP contribution in [0.4, 0.5) is 0 Å². The summed E-state index contributed by atoms with van der Waals surface area (Å²) in [6.45, 7) is 9.64. The summed E-state index contributed by atoms with van der Waals surface area (Å²) in [5, 5.41) is 11.1. The number of allylic oxidation sites excluding steroid dienone is 1. The Morgan fingerprint density at radius 3 is 2.72 bits per heavy atom. The molecule has 2 aliphatic heterocycles. The van der Waals surface area contributed by atoms with Crippen molar-refractivity contribution in [2.45, 2.75) is 63.6 Å². The summed E-state index contributed by atoms with van der Waals surface area (Å²) in [7, 11) is 0. The topological polar surface area (TPSA) is 94.6 Å². The minimum Gasteiger partial charge on any atom is -0.462 e. The second kappa shape index (κ2) is 6.80. The molecule has 2 heterocycles. The molecular weight excluding hydrogens is 400 g/mol. The van der Waals surface area contributed by atoms with Crippen LogP contribution in [-0.2, 0) is 28.5 Å². The van der Waals surface area contributed by atoms with E-state index in [0.717, 1.165) is 12.0 Å². The molecule has 2 saturated heterocycles. The van der Waals surface area contributed by atoms with E-state index >= 15 is 0 Å². The molecule has 29 heavy (non-hydrogen) atoms. The third kappa shape index (κ3) is 2.67. The van der Waals surface area contributed by atoms with Gasteiger partial charge in [-0.15, -0.1) is 11.6 Å². The lowest BCUT2D eigenvalue weighted by Gasteiger charge is -2.58. The molecule has 0 aromatic heterocycles. The number of carbonyl (C=O) groups excluding carboxylic acids is 2. The Morgan fingerprint density at radius 2 is 2.14 bits per heavy atom. The highest BCUT2D eigenvalue weighted by atomic mass is 35.5. The van der Waals surface area contributed by atoms with Gasteiger partial charge in [-0.25, -0.2) is 4.79 Å². The van der Waals surface area contributed by atoms with Crippen molar-refractivity contribution in [2.24, 2.45) is 10.8 Å². The summed E-state index contributed by atoms with van der Waals surface area (Å²) >= 11 is 5.67. The van der Waals surface area contributed by atoms with Crippen molar-refractivity contribution in [3.05, 3.63) is 23.8 Å². The number of fused-ring (bicyclic) bond motifs is 2. The molecule has 0 amide bonds. The number of rotatable bonds is 5.